The van der Waals surface area contributed by atoms with Gasteiger partial charge in [0.05, 0.1) is 6.61 Å². The van der Waals surface area contributed by atoms with Crippen LogP contribution in [0.15, 0.2) is 0 Å². The van der Waals surface area contributed by atoms with Gasteiger partial charge >= 0.3 is 6.09 Å². The van der Waals surface area contributed by atoms with Crippen LogP contribution >= 0.6 is 0 Å². The molecule has 0 saturated heterocycles. The van der Waals surface area contributed by atoms with E-state index >= 15 is 0 Å². The van der Waals surface area contributed by atoms with Crippen LogP contribution in [0.4, 0.5) is 4.79 Å². The molecule has 0 fully saturated rings. The molecule has 0 rings (SSSR count). The molecule has 0 saturated carbocycles. The number of unbranched alkanes of at least 4 members (excludes halogenated alkanes) is 2. The molecule has 0 spiro atoms. The topological polar surface area (TPSA) is 143 Å². The molecule has 10 heteroatoms. The molecule has 2 atom stereocenters. The molecule has 0 aromatic rings. The Kier molecular flexibility index (Phi) is 13.2. The van der Waals surface area contributed by atoms with Crippen molar-refractivity contribution in [3.8, 4) is 0 Å². The second-order valence-electron chi connectivity index (χ2n) is 5.18. The van der Waals surface area contributed by atoms with Gasteiger partial charge in [0.2, 0.25) is 0 Å². The summed E-state index contributed by atoms with van der Waals surface area (Å²) in [6.45, 7) is 2.82. The minimum absolute atomic E-state index is 0.249. The van der Waals surface area contributed by atoms with E-state index in [1.54, 1.807) is 0 Å². The number of ether oxygens (including phenoxy) is 2. The van der Waals surface area contributed by atoms with Gasteiger partial charge in [-0.1, -0.05) is 6.92 Å². The maximum Gasteiger partial charge on any atom is 0.407 e. The van der Waals surface area contributed by atoms with E-state index in [2.05, 4.69) is 14.9 Å². The molecule has 10 nitrogen and oxygen atoms in total. The number of carbonyl (C=O) groups excluding carboxylic acids is 2. The highest BCUT2D eigenvalue weighted by Crippen LogP contribution is 2.08. The molecule has 0 aromatic carbocycles. The molecule has 0 aliphatic carbocycles. The largest absolute Gasteiger partial charge is 0.450 e. The summed E-state index contributed by atoms with van der Waals surface area (Å²) in [5, 5.41) is 12.1. The molecule has 24 heavy (non-hydrogen) atoms. The molecule has 0 bridgehead atoms. The predicted octanol–water partition coefficient (Wildman–Crippen LogP) is 1.50. The molecule has 3 N–H and O–H groups in total. The van der Waals surface area contributed by atoms with Crippen LogP contribution in [-0.4, -0.2) is 43.1 Å². The molecular formula is C14H27N3O7. The number of rotatable bonds is 15. The number of amides is 1. The number of nitrogens with two attached hydrogens (primary N) is 1. The van der Waals surface area contributed by atoms with E-state index in [4.69, 9.17) is 10.5 Å². The third kappa shape index (κ3) is 13.6. The second kappa shape index (κ2) is 14.5. The molecule has 0 aliphatic heterocycles. The maximum atomic E-state index is 11.4. The van der Waals surface area contributed by atoms with Gasteiger partial charge < -0.3 is 19.6 Å². The van der Waals surface area contributed by atoms with Crippen LogP contribution in [0.3, 0.4) is 0 Å². The lowest BCUT2D eigenvalue weighted by Crippen LogP contribution is -2.27. The van der Waals surface area contributed by atoms with E-state index in [0.717, 1.165) is 0 Å². The van der Waals surface area contributed by atoms with E-state index in [9.17, 15) is 19.7 Å². The average molecular weight is 349 g/mol. The van der Waals surface area contributed by atoms with Crippen molar-refractivity contribution in [2.45, 2.75) is 64.2 Å². The van der Waals surface area contributed by atoms with Crippen molar-refractivity contribution in [3.05, 3.63) is 10.1 Å². The first-order chi connectivity index (χ1) is 11.5. The zero-order chi connectivity index (χ0) is 18.2. The smallest absolute Gasteiger partial charge is 0.407 e. The molecule has 140 valence electrons. The number of carbonyl (C=O) groups is 2. The van der Waals surface area contributed by atoms with Gasteiger partial charge in [-0.05, 0) is 44.9 Å². The van der Waals surface area contributed by atoms with Crippen LogP contribution in [0.2, 0.25) is 0 Å². The third-order valence-electron chi connectivity index (χ3n) is 3.26. The summed E-state index contributed by atoms with van der Waals surface area (Å²) >= 11 is 0. The van der Waals surface area contributed by atoms with E-state index < -0.39 is 23.5 Å². The van der Waals surface area contributed by atoms with Gasteiger partial charge in [-0.15, -0.1) is 10.1 Å². The highest BCUT2D eigenvalue weighted by Gasteiger charge is 2.10. The Morgan fingerprint density at radius 3 is 2.62 bits per heavy atom. The van der Waals surface area contributed by atoms with Gasteiger partial charge in [0, 0.05) is 6.54 Å². The van der Waals surface area contributed by atoms with Gasteiger partial charge in [-0.3, -0.25) is 10.5 Å². The summed E-state index contributed by atoms with van der Waals surface area (Å²) < 4.78 is 9.51. The first-order valence-corrected chi connectivity index (χ1v) is 8.06. The zero-order valence-electron chi connectivity index (χ0n) is 14.0. The first kappa shape index (κ1) is 21.9. The van der Waals surface area contributed by atoms with E-state index in [0.29, 0.717) is 58.0 Å². The minimum Gasteiger partial charge on any atom is -0.450 e. The monoisotopic (exact) mass is 349 g/mol. The Bertz CT molecular complexity index is 368. The Labute approximate surface area is 141 Å². The third-order valence-corrected chi connectivity index (χ3v) is 3.26. The lowest BCUT2D eigenvalue weighted by Gasteiger charge is -2.12. The number of nitrogens with zero attached hydrogens (tertiary/aromatic N) is 1. The summed E-state index contributed by atoms with van der Waals surface area (Å²) in [4.78, 5) is 36.2. The fraction of sp³-hybridized carbons (Fsp3) is 0.857. The lowest BCUT2D eigenvalue weighted by molar-refractivity contribution is -0.768. The fourth-order valence-electron chi connectivity index (χ4n) is 1.94. The number of hydrogen-bond donors (Lipinski definition) is 2. The van der Waals surface area contributed by atoms with Crippen molar-refractivity contribution in [1.29, 1.82) is 0 Å². The quantitative estimate of drug-likeness (QED) is 0.149. The highest BCUT2D eigenvalue weighted by atomic mass is 17.0. The van der Waals surface area contributed by atoms with Crippen LogP contribution in [0.5, 0.6) is 0 Å². The normalized spacial score (nSPS) is 12.8. The Balaban J connectivity index is 3.49. The standard InChI is InChI=1S/C14H27N3O7/c1-2-12(24-17(20)21)7-4-6-10-22-14(19)16-9-5-3-8-13(15)23-11-18/h11-13H,2-10,15H2,1H3,(H,16,19). The van der Waals surface area contributed by atoms with Gasteiger partial charge in [-0.2, -0.15) is 0 Å². The van der Waals surface area contributed by atoms with Crippen LogP contribution in [-0.2, 0) is 19.1 Å². The maximum absolute atomic E-state index is 11.4. The van der Waals surface area contributed by atoms with E-state index in [1.165, 1.54) is 0 Å². The summed E-state index contributed by atoms with van der Waals surface area (Å²) in [6, 6.07) is 0. The van der Waals surface area contributed by atoms with Crippen molar-refractivity contribution < 1.29 is 29.0 Å². The minimum atomic E-state index is -0.782. The van der Waals surface area contributed by atoms with Crippen molar-refractivity contribution in [2.24, 2.45) is 5.73 Å². The molecule has 0 radical (unpaired) electrons. The van der Waals surface area contributed by atoms with Crippen LogP contribution in [0.25, 0.3) is 0 Å². The van der Waals surface area contributed by atoms with Gasteiger partial charge in [-0.25, -0.2) is 4.79 Å². The first-order valence-electron chi connectivity index (χ1n) is 8.06. The summed E-state index contributed by atoms with van der Waals surface area (Å²) in [7, 11) is 0. The number of hydrogen-bond acceptors (Lipinski definition) is 8. The molecule has 0 aromatic heterocycles. The summed E-state index contributed by atoms with van der Waals surface area (Å²) in [6.07, 6.45) is 2.81. The average Bonchev–Trinajstić information content (AvgIpc) is 2.53. The molecule has 0 heterocycles. The van der Waals surface area contributed by atoms with Crippen molar-refractivity contribution in [2.75, 3.05) is 13.2 Å². The van der Waals surface area contributed by atoms with Crippen molar-refractivity contribution in [3.63, 3.8) is 0 Å². The molecular weight excluding hydrogens is 322 g/mol. The van der Waals surface area contributed by atoms with Crippen molar-refractivity contribution in [1.82, 2.24) is 5.32 Å². The van der Waals surface area contributed by atoms with Gasteiger partial charge in [0.1, 0.15) is 6.10 Å². The fourth-order valence-corrected chi connectivity index (χ4v) is 1.94. The Morgan fingerprint density at radius 2 is 2.00 bits per heavy atom. The summed E-state index contributed by atoms with van der Waals surface area (Å²) in [5.41, 5.74) is 5.47. The van der Waals surface area contributed by atoms with Crippen molar-refractivity contribution >= 4 is 12.6 Å². The Hall–Kier alpha value is -2.10. The summed E-state index contributed by atoms with van der Waals surface area (Å²) in [5.74, 6) is 0. The molecule has 0 aliphatic rings. The number of nitrogens with one attached hydrogen (secondary N) is 1. The SMILES string of the molecule is CCC(CCCCOC(=O)NCCCCC(N)OC=O)O[N+](=O)[O-]. The van der Waals surface area contributed by atoms with Crippen LogP contribution < -0.4 is 11.1 Å². The lowest BCUT2D eigenvalue weighted by atomic mass is 10.1. The highest BCUT2D eigenvalue weighted by molar-refractivity contribution is 5.66. The van der Waals surface area contributed by atoms with E-state index in [1.807, 2.05) is 6.92 Å². The van der Waals surface area contributed by atoms with Gasteiger partial charge in [0.25, 0.3) is 11.6 Å². The zero-order valence-corrected chi connectivity index (χ0v) is 14.0. The number of alkyl carbamates (subject to hydrolysis) is 1. The predicted molar refractivity (Wildman–Crippen MR) is 84.3 cm³/mol. The second-order valence-corrected chi connectivity index (χ2v) is 5.18. The van der Waals surface area contributed by atoms with E-state index in [-0.39, 0.29) is 6.61 Å². The Morgan fingerprint density at radius 1 is 1.29 bits per heavy atom. The van der Waals surface area contributed by atoms with Gasteiger partial charge in [0.15, 0.2) is 6.23 Å². The molecule has 2 unspecified atom stereocenters. The molecule has 1 amide bonds. The van der Waals surface area contributed by atoms with Crippen LogP contribution in [0.1, 0.15) is 51.9 Å². The van der Waals surface area contributed by atoms with Crippen LogP contribution in [0, 0.1) is 10.1 Å².